The predicted octanol–water partition coefficient (Wildman–Crippen LogP) is 3.22. The van der Waals surface area contributed by atoms with E-state index in [2.05, 4.69) is 17.4 Å². The highest BCUT2D eigenvalue weighted by atomic mass is 16.5. The SMILES string of the molecule is O=C(Cc1cccc(O)c1)NC(c1ccccc1)C1CCOCC1. The largest absolute Gasteiger partial charge is 0.508 e. The van der Waals surface area contributed by atoms with E-state index in [9.17, 15) is 9.90 Å². The van der Waals surface area contributed by atoms with Gasteiger partial charge >= 0.3 is 0 Å². The van der Waals surface area contributed by atoms with Crippen LogP contribution in [-0.4, -0.2) is 24.2 Å². The van der Waals surface area contributed by atoms with Crippen LogP contribution in [0.5, 0.6) is 5.75 Å². The van der Waals surface area contributed by atoms with Crippen molar-refractivity contribution in [2.24, 2.45) is 5.92 Å². The zero-order valence-corrected chi connectivity index (χ0v) is 13.7. The third kappa shape index (κ3) is 4.36. The minimum Gasteiger partial charge on any atom is -0.508 e. The Kier molecular flexibility index (Phi) is 5.49. The molecule has 24 heavy (non-hydrogen) atoms. The van der Waals surface area contributed by atoms with Crippen LogP contribution in [0.25, 0.3) is 0 Å². The molecule has 2 N–H and O–H groups in total. The van der Waals surface area contributed by atoms with Gasteiger partial charge in [0, 0.05) is 13.2 Å². The molecule has 1 fully saturated rings. The highest BCUT2D eigenvalue weighted by molar-refractivity contribution is 5.79. The third-order valence-electron chi connectivity index (χ3n) is 4.49. The van der Waals surface area contributed by atoms with Gasteiger partial charge in [-0.05, 0) is 42.0 Å². The molecule has 0 saturated carbocycles. The molecule has 1 aliphatic heterocycles. The molecule has 1 atom stereocenters. The molecular formula is C20H23NO3. The predicted molar refractivity (Wildman–Crippen MR) is 92.7 cm³/mol. The second kappa shape index (κ2) is 7.97. The second-order valence-corrected chi connectivity index (χ2v) is 6.25. The first-order valence-corrected chi connectivity index (χ1v) is 8.42. The average molecular weight is 325 g/mol. The highest BCUT2D eigenvalue weighted by Gasteiger charge is 2.26. The molecule has 1 aliphatic rings. The van der Waals surface area contributed by atoms with E-state index in [1.807, 2.05) is 24.3 Å². The second-order valence-electron chi connectivity index (χ2n) is 6.25. The van der Waals surface area contributed by atoms with Crippen molar-refractivity contribution < 1.29 is 14.6 Å². The summed E-state index contributed by atoms with van der Waals surface area (Å²) in [5.74, 6) is 0.541. The summed E-state index contributed by atoms with van der Waals surface area (Å²) in [4.78, 5) is 12.5. The van der Waals surface area contributed by atoms with Crippen LogP contribution in [0.1, 0.15) is 30.0 Å². The summed E-state index contributed by atoms with van der Waals surface area (Å²) in [5.41, 5.74) is 1.94. The van der Waals surface area contributed by atoms with Crippen molar-refractivity contribution in [2.75, 3.05) is 13.2 Å². The van der Waals surface area contributed by atoms with Crippen LogP contribution in [-0.2, 0) is 16.0 Å². The van der Waals surface area contributed by atoms with Gasteiger partial charge in [0.15, 0.2) is 0 Å². The van der Waals surface area contributed by atoms with Gasteiger partial charge in [0.05, 0.1) is 12.5 Å². The fourth-order valence-corrected chi connectivity index (χ4v) is 3.26. The van der Waals surface area contributed by atoms with E-state index >= 15 is 0 Å². The van der Waals surface area contributed by atoms with Crippen molar-refractivity contribution in [1.29, 1.82) is 0 Å². The number of benzene rings is 2. The summed E-state index contributed by atoms with van der Waals surface area (Å²) in [7, 11) is 0. The fraction of sp³-hybridized carbons (Fsp3) is 0.350. The molecule has 2 aromatic rings. The first-order valence-electron chi connectivity index (χ1n) is 8.42. The number of nitrogens with one attached hydrogen (secondary N) is 1. The molecule has 126 valence electrons. The van der Waals surface area contributed by atoms with Crippen LogP contribution in [0.2, 0.25) is 0 Å². The summed E-state index contributed by atoms with van der Waals surface area (Å²) >= 11 is 0. The monoisotopic (exact) mass is 325 g/mol. The Morgan fingerprint density at radius 3 is 2.58 bits per heavy atom. The number of hydrogen-bond donors (Lipinski definition) is 2. The Balaban J connectivity index is 1.72. The van der Waals surface area contributed by atoms with Gasteiger partial charge in [0.1, 0.15) is 5.75 Å². The topological polar surface area (TPSA) is 58.6 Å². The van der Waals surface area contributed by atoms with Gasteiger partial charge in [-0.2, -0.15) is 0 Å². The lowest BCUT2D eigenvalue weighted by molar-refractivity contribution is -0.121. The standard InChI is InChI=1S/C20H23NO3/c22-18-8-4-5-15(13-18)14-19(23)21-20(16-6-2-1-3-7-16)17-9-11-24-12-10-17/h1-8,13,17,20,22H,9-12,14H2,(H,21,23). The van der Waals surface area contributed by atoms with Gasteiger partial charge in [-0.15, -0.1) is 0 Å². The average Bonchev–Trinajstić information content (AvgIpc) is 2.61. The number of amides is 1. The number of carbonyl (C=O) groups excluding carboxylic acids is 1. The fourth-order valence-electron chi connectivity index (χ4n) is 3.26. The van der Waals surface area contributed by atoms with E-state index in [-0.39, 0.29) is 24.1 Å². The van der Waals surface area contributed by atoms with E-state index in [0.717, 1.165) is 37.2 Å². The maximum Gasteiger partial charge on any atom is 0.224 e. The van der Waals surface area contributed by atoms with Crippen molar-refractivity contribution in [3.05, 3.63) is 65.7 Å². The number of hydrogen-bond acceptors (Lipinski definition) is 3. The molecule has 1 amide bonds. The Morgan fingerprint density at radius 1 is 1.12 bits per heavy atom. The van der Waals surface area contributed by atoms with Gasteiger partial charge in [0.2, 0.25) is 5.91 Å². The van der Waals surface area contributed by atoms with Crippen molar-refractivity contribution >= 4 is 5.91 Å². The molecule has 2 aromatic carbocycles. The molecule has 0 bridgehead atoms. The number of ether oxygens (including phenoxy) is 1. The molecule has 3 rings (SSSR count). The molecule has 1 heterocycles. The quantitative estimate of drug-likeness (QED) is 0.887. The molecule has 1 saturated heterocycles. The van der Waals surface area contributed by atoms with Gasteiger partial charge in [-0.3, -0.25) is 4.79 Å². The van der Waals surface area contributed by atoms with Crippen molar-refractivity contribution in [3.63, 3.8) is 0 Å². The minimum atomic E-state index is -0.0269. The molecular weight excluding hydrogens is 302 g/mol. The number of carbonyl (C=O) groups is 1. The van der Waals surface area contributed by atoms with Crippen LogP contribution >= 0.6 is 0 Å². The summed E-state index contributed by atoms with van der Waals surface area (Å²) < 4.78 is 5.46. The molecule has 4 nitrogen and oxygen atoms in total. The van der Waals surface area contributed by atoms with Crippen LogP contribution in [0.3, 0.4) is 0 Å². The Morgan fingerprint density at radius 2 is 1.88 bits per heavy atom. The summed E-state index contributed by atoms with van der Waals surface area (Å²) in [6.45, 7) is 1.49. The lowest BCUT2D eigenvalue weighted by atomic mass is 9.87. The molecule has 0 radical (unpaired) electrons. The molecule has 0 aromatic heterocycles. The third-order valence-corrected chi connectivity index (χ3v) is 4.49. The molecule has 4 heteroatoms. The first-order chi connectivity index (χ1) is 11.7. The van der Waals surface area contributed by atoms with Gasteiger partial charge < -0.3 is 15.2 Å². The van der Waals surface area contributed by atoms with E-state index in [0.29, 0.717) is 5.92 Å². The summed E-state index contributed by atoms with van der Waals surface area (Å²) in [5, 5.41) is 12.7. The first kappa shape index (κ1) is 16.5. The molecule has 0 aliphatic carbocycles. The van der Waals surface area contributed by atoms with E-state index < -0.39 is 0 Å². The van der Waals surface area contributed by atoms with Crippen molar-refractivity contribution in [1.82, 2.24) is 5.32 Å². The van der Waals surface area contributed by atoms with Crippen LogP contribution in [0, 0.1) is 5.92 Å². The zero-order chi connectivity index (χ0) is 16.8. The number of rotatable bonds is 5. The summed E-state index contributed by atoms with van der Waals surface area (Å²) in [6, 6.07) is 17.0. The van der Waals surface area contributed by atoms with Gasteiger partial charge in [-0.25, -0.2) is 0 Å². The van der Waals surface area contributed by atoms with E-state index in [1.165, 1.54) is 0 Å². The van der Waals surface area contributed by atoms with Crippen LogP contribution < -0.4 is 5.32 Å². The number of phenolic OH excluding ortho intramolecular Hbond substituents is 1. The number of aromatic hydroxyl groups is 1. The number of phenols is 1. The van der Waals surface area contributed by atoms with E-state index in [4.69, 9.17) is 4.74 Å². The van der Waals surface area contributed by atoms with Gasteiger partial charge in [-0.1, -0.05) is 42.5 Å². The van der Waals surface area contributed by atoms with Crippen LogP contribution in [0.15, 0.2) is 54.6 Å². The van der Waals surface area contributed by atoms with Crippen molar-refractivity contribution in [3.8, 4) is 5.75 Å². The van der Waals surface area contributed by atoms with Gasteiger partial charge in [0.25, 0.3) is 0 Å². The lowest BCUT2D eigenvalue weighted by Gasteiger charge is -2.31. The Labute approximate surface area is 142 Å². The molecule has 1 unspecified atom stereocenters. The Hall–Kier alpha value is -2.33. The molecule has 0 spiro atoms. The van der Waals surface area contributed by atoms with Crippen molar-refractivity contribution in [2.45, 2.75) is 25.3 Å². The maximum atomic E-state index is 12.5. The smallest absolute Gasteiger partial charge is 0.224 e. The van der Waals surface area contributed by atoms with Crippen LogP contribution in [0.4, 0.5) is 0 Å². The highest BCUT2D eigenvalue weighted by Crippen LogP contribution is 2.30. The maximum absolute atomic E-state index is 12.5. The zero-order valence-electron chi connectivity index (χ0n) is 13.7. The summed E-state index contributed by atoms with van der Waals surface area (Å²) in [6.07, 6.45) is 2.17. The normalized spacial score (nSPS) is 16.5. The van der Waals surface area contributed by atoms with E-state index in [1.54, 1.807) is 18.2 Å². The minimum absolute atomic E-state index is 0.0000841. The Bertz CT molecular complexity index is 666. The lowest BCUT2D eigenvalue weighted by Crippen LogP contribution is -2.36.